The summed E-state index contributed by atoms with van der Waals surface area (Å²) < 4.78 is 10.8. The Kier molecular flexibility index (Phi) is 12.2. The van der Waals surface area contributed by atoms with Gasteiger partial charge in [-0.05, 0) is 18.9 Å². The van der Waals surface area contributed by atoms with Gasteiger partial charge in [0, 0.05) is 0 Å². The van der Waals surface area contributed by atoms with Gasteiger partial charge in [-0.15, -0.1) is 0 Å². The Morgan fingerprint density at radius 2 is 1.71 bits per heavy atom. The highest BCUT2D eigenvalue weighted by molar-refractivity contribution is 4.91. The predicted octanol–water partition coefficient (Wildman–Crippen LogP) is 2.92. The van der Waals surface area contributed by atoms with Gasteiger partial charge in [0.1, 0.15) is 18.3 Å². The normalized spacial score (nSPS) is 25.4. The molecule has 5 heteroatoms. The zero-order chi connectivity index (χ0) is 17.6. The molecule has 0 aromatic rings. The lowest BCUT2D eigenvalue weighted by Gasteiger charge is -2.22. The van der Waals surface area contributed by atoms with Crippen molar-refractivity contribution in [2.24, 2.45) is 0 Å². The van der Waals surface area contributed by atoms with E-state index in [-0.39, 0.29) is 6.61 Å². The average Bonchev–Trinajstić information content (AvgIpc) is 2.96. The summed E-state index contributed by atoms with van der Waals surface area (Å²) in [7, 11) is 0. The zero-order valence-corrected chi connectivity index (χ0v) is 15.1. The fourth-order valence-corrected chi connectivity index (χ4v) is 3.01. The number of ether oxygens (including phenoxy) is 2. The predicted molar refractivity (Wildman–Crippen MR) is 94.7 cm³/mol. The number of rotatable bonds is 14. The smallest absolute Gasteiger partial charge is 0.154 e. The lowest BCUT2D eigenvalue weighted by Crippen LogP contribution is -2.41. The van der Waals surface area contributed by atoms with Crippen molar-refractivity contribution >= 4 is 0 Å². The molecule has 4 atom stereocenters. The van der Waals surface area contributed by atoms with Crippen molar-refractivity contribution in [2.45, 2.75) is 95.5 Å². The van der Waals surface area contributed by atoms with E-state index in [9.17, 15) is 10.2 Å². The molecule has 1 saturated heterocycles. The van der Waals surface area contributed by atoms with E-state index >= 15 is 0 Å². The summed E-state index contributed by atoms with van der Waals surface area (Å²) >= 11 is 0. The van der Waals surface area contributed by atoms with Crippen LogP contribution in [0.4, 0.5) is 0 Å². The molecular formula is C19H36O5. The summed E-state index contributed by atoms with van der Waals surface area (Å²) in [6, 6.07) is 0. The van der Waals surface area contributed by atoms with Gasteiger partial charge in [0.2, 0.25) is 0 Å². The third-order valence-electron chi connectivity index (χ3n) is 4.54. The van der Waals surface area contributed by atoms with Crippen LogP contribution in [0.5, 0.6) is 0 Å². The summed E-state index contributed by atoms with van der Waals surface area (Å²) in [6.07, 6.45) is 13.2. The first-order valence-corrected chi connectivity index (χ1v) is 9.59. The second-order valence-electron chi connectivity index (χ2n) is 6.70. The minimum absolute atomic E-state index is 0.124. The molecule has 0 bridgehead atoms. The Morgan fingerprint density at radius 3 is 2.33 bits per heavy atom. The zero-order valence-electron chi connectivity index (χ0n) is 15.1. The summed E-state index contributed by atoms with van der Waals surface area (Å²) in [5.41, 5.74) is 0. The molecule has 5 nitrogen and oxygen atoms in total. The lowest BCUT2D eigenvalue weighted by molar-refractivity contribution is -0.0721. The number of hydrogen-bond acceptors (Lipinski definition) is 5. The first-order chi connectivity index (χ1) is 11.7. The van der Waals surface area contributed by atoms with E-state index in [1.54, 1.807) is 6.26 Å². The van der Waals surface area contributed by atoms with Gasteiger partial charge < -0.3 is 24.8 Å². The van der Waals surface area contributed by atoms with Crippen LogP contribution in [0, 0.1) is 0 Å². The molecule has 24 heavy (non-hydrogen) atoms. The third-order valence-corrected chi connectivity index (χ3v) is 4.54. The van der Waals surface area contributed by atoms with Crippen LogP contribution in [0.1, 0.15) is 71.1 Å². The fourth-order valence-electron chi connectivity index (χ4n) is 3.01. The van der Waals surface area contributed by atoms with Crippen LogP contribution in [0.3, 0.4) is 0 Å². The highest BCUT2D eigenvalue weighted by Crippen LogP contribution is 2.21. The number of allylic oxidation sites excluding steroid dienone is 1. The molecule has 0 aromatic carbocycles. The Bertz CT molecular complexity index is 321. The lowest BCUT2D eigenvalue weighted by atomic mass is 10.1. The van der Waals surface area contributed by atoms with Crippen LogP contribution in [-0.4, -0.2) is 52.9 Å². The third kappa shape index (κ3) is 8.47. The minimum atomic E-state index is -1.03. The van der Waals surface area contributed by atoms with Crippen LogP contribution >= 0.6 is 0 Å². The second-order valence-corrected chi connectivity index (χ2v) is 6.70. The van der Waals surface area contributed by atoms with Crippen molar-refractivity contribution in [1.82, 2.24) is 0 Å². The van der Waals surface area contributed by atoms with Crippen molar-refractivity contribution in [3.05, 3.63) is 12.3 Å². The largest absolute Gasteiger partial charge is 0.493 e. The van der Waals surface area contributed by atoms with E-state index < -0.39 is 31.0 Å². The molecule has 0 amide bonds. The number of hydrogen-bond donors (Lipinski definition) is 3. The minimum Gasteiger partial charge on any atom is -0.493 e. The number of aliphatic hydroxyl groups excluding tert-OH is 3. The fraction of sp³-hybridized carbons (Fsp3) is 0.895. The van der Waals surface area contributed by atoms with Gasteiger partial charge in [-0.3, -0.25) is 0 Å². The molecule has 142 valence electrons. The van der Waals surface area contributed by atoms with E-state index in [1.807, 2.05) is 6.08 Å². The molecule has 0 aliphatic carbocycles. The monoisotopic (exact) mass is 344 g/mol. The van der Waals surface area contributed by atoms with Crippen molar-refractivity contribution in [2.75, 3.05) is 13.2 Å². The van der Waals surface area contributed by atoms with E-state index in [1.165, 1.54) is 51.4 Å². The quantitative estimate of drug-likeness (QED) is 0.333. The Hall–Kier alpha value is -0.620. The van der Waals surface area contributed by atoms with Crippen LogP contribution in [0.25, 0.3) is 0 Å². The molecular weight excluding hydrogens is 308 g/mol. The van der Waals surface area contributed by atoms with Crippen molar-refractivity contribution < 1.29 is 24.8 Å². The summed E-state index contributed by atoms with van der Waals surface area (Å²) in [6.45, 7) is 1.96. The maximum absolute atomic E-state index is 9.80. The SMILES string of the molecule is CCCCCCCCCCC/C=C/O[C@@H]1[C@H]([C@H](O)CO)OC[C@@H]1O. The summed E-state index contributed by atoms with van der Waals surface area (Å²) in [5, 5.41) is 28.4. The van der Waals surface area contributed by atoms with Crippen LogP contribution < -0.4 is 0 Å². The Balaban J connectivity index is 2.02. The molecule has 0 spiro atoms. The van der Waals surface area contributed by atoms with Gasteiger partial charge in [-0.1, -0.05) is 58.3 Å². The van der Waals surface area contributed by atoms with Crippen molar-refractivity contribution in [1.29, 1.82) is 0 Å². The first-order valence-electron chi connectivity index (χ1n) is 9.59. The van der Waals surface area contributed by atoms with Crippen LogP contribution in [-0.2, 0) is 9.47 Å². The molecule has 0 saturated carbocycles. The molecule has 1 rings (SSSR count). The molecule has 1 aliphatic heterocycles. The van der Waals surface area contributed by atoms with Gasteiger partial charge in [-0.25, -0.2) is 0 Å². The van der Waals surface area contributed by atoms with Gasteiger partial charge in [-0.2, -0.15) is 0 Å². The summed E-state index contributed by atoms with van der Waals surface area (Å²) in [4.78, 5) is 0. The molecule has 1 aliphatic rings. The topological polar surface area (TPSA) is 79.2 Å². The summed E-state index contributed by atoms with van der Waals surface area (Å²) in [5.74, 6) is 0. The first kappa shape index (κ1) is 21.4. The van der Waals surface area contributed by atoms with E-state index in [0.29, 0.717) is 0 Å². The molecule has 0 aromatic heterocycles. The molecule has 3 N–H and O–H groups in total. The highest BCUT2D eigenvalue weighted by Gasteiger charge is 2.41. The molecule has 0 unspecified atom stereocenters. The van der Waals surface area contributed by atoms with Crippen LogP contribution in [0.2, 0.25) is 0 Å². The standard InChI is InChI=1S/C19H36O5/c1-2-3-4-5-6-7-8-9-10-11-12-13-23-19-17(22)15-24-18(19)16(21)14-20/h12-13,16-22H,2-11,14-15H2,1H3/b13-12+/t16-,17+,18+,19+/m1/s1. The van der Waals surface area contributed by atoms with Gasteiger partial charge in [0.05, 0.1) is 19.5 Å². The molecule has 1 heterocycles. The molecule has 1 fully saturated rings. The molecule has 0 radical (unpaired) electrons. The number of aliphatic hydroxyl groups is 3. The number of unbranched alkanes of at least 4 members (excludes halogenated alkanes) is 9. The van der Waals surface area contributed by atoms with Crippen LogP contribution in [0.15, 0.2) is 12.3 Å². The maximum atomic E-state index is 9.80. The van der Waals surface area contributed by atoms with Crippen molar-refractivity contribution in [3.63, 3.8) is 0 Å². The maximum Gasteiger partial charge on any atom is 0.154 e. The Morgan fingerprint density at radius 1 is 1.08 bits per heavy atom. The Labute approximate surface area is 146 Å². The average molecular weight is 344 g/mol. The van der Waals surface area contributed by atoms with Gasteiger partial charge in [0.15, 0.2) is 6.10 Å². The van der Waals surface area contributed by atoms with Gasteiger partial charge in [0.25, 0.3) is 0 Å². The highest BCUT2D eigenvalue weighted by atomic mass is 16.6. The second kappa shape index (κ2) is 13.6. The van der Waals surface area contributed by atoms with E-state index in [0.717, 1.165) is 12.8 Å². The van der Waals surface area contributed by atoms with E-state index in [4.69, 9.17) is 14.6 Å². The van der Waals surface area contributed by atoms with Crippen molar-refractivity contribution in [3.8, 4) is 0 Å². The van der Waals surface area contributed by atoms with E-state index in [2.05, 4.69) is 6.92 Å². The van der Waals surface area contributed by atoms with Gasteiger partial charge >= 0.3 is 0 Å².